The summed E-state index contributed by atoms with van der Waals surface area (Å²) in [6, 6.07) is 16.0. The number of hydrogen-bond acceptors (Lipinski definition) is 5. The molecular formula is C16H16N4OS. The van der Waals surface area contributed by atoms with Gasteiger partial charge in [0.15, 0.2) is 11.0 Å². The second-order valence-electron chi connectivity index (χ2n) is 4.61. The first kappa shape index (κ1) is 14.7. The summed E-state index contributed by atoms with van der Waals surface area (Å²) >= 11 is 1.61. The summed E-state index contributed by atoms with van der Waals surface area (Å²) in [6.45, 7) is 0.423. The van der Waals surface area contributed by atoms with Crippen LogP contribution in [0.3, 0.4) is 0 Å². The zero-order valence-corrected chi connectivity index (χ0v) is 13.0. The molecule has 0 atom stereocenters. The summed E-state index contributed by atoms with van der Waals surface area (Å²) in [7, 11) is 1.66. The SMILES string of the molecule is COCc1nnc(SCc2ccccn2)n1-c1ccccc1. The van der Waals surface area contributed by atoms with Crippen molar-refractivity contribution in [2.75, 3.05) is 7.11 Å². The first-order valence-corrected chi connectivity index (χ1v) is 7.88. The third-order valence-electron chi connectivity index (χ3n) is 3.06. The molecule has 0 unspecified atom stereocenters. The van der Waals surface area contributed by atoms with Crippen molar-refractivity contribution in [2.24, 2.45) is 0 Å². The zero-order valence-electron chi connectivity index (χ0n) is 12.2. The van der Waals surface area contributed by atoms with E-state index in [0.29, 0.717) is 6.61 Å². The molecule has 0 spiro atoms. The van der Waals surface area contributed by atoms with Gasteiger partial charge in [0.2, 0.25) is 0 Å². The van der Waals surface area contributed by atoms with Crippen molar-refractivity contribution in [1.82, 2.24) is 19.7 Å². The lowest BCUT2D eigenvalue weighted by Crippen LogP contribution is -2.03. The van der Waals surface area contributed by atoms with E-state index in [9.17, 15) is 0 Å². The highest BCUT2D eigenvalue weighted by Gasteiger charge is 2.14. The van der Waals surface area contributed by atoms with E-state index in [1.165, 1.54) is 0 Å². The van der Waals surface area contributed by atoms with Crippen LogP contribution < -0.4 is 0 Å². The molecule has 0 N–H and O–H groups in total. The minimum atomic E-state index is 0.423. The van der Waals surface area contributed by atoms with Crippen LogP contribution in [0.5, 0.6) is 0 Å². The largest absolute Gasteiger partial charge is 0.377 e. The number of benzene rings is 1. The Labute approximate surface area is 133 Å². The topological polar surface area (TPSA) is 52.8 Å². The van der Waals surface area contributed by atoms with Crippen molar-refractivity contribution in [1.29, 1.82) is 0 Å². The molecule has 0 saturated carbocycles. The Bertz CT molecular complexity index is 716. The molecular weight excluding hydrogens is 296 g/mol. The third-order valence-corrected chi connectivity index (χ3v) is 4.03. The van der Waals surface area contributed by atoms with Crippen LogP contribution in [-0.2, 0) is 17.1 Å². The average Bonchev–Trinajstić information content (AvgIpc) is 2.98. The Morgan fingerprint density at radius 3 is 2.59 bits per heavy atom. The van der Waals surface area contributed by atoms with E-state index in [0.717, 1.165) is 28.1 Å². The van der Waals surface area contributed by atoms with Gasteiger partial charge in [-0.15, -0.1) is 10.2 Å². The molecule has 0 amide bonds. The van der Waals surface area contributed by atoms with Crippen LogP contribution in [0.1, 0.15) is 11.5 Å². The van der Waals surface area contributed by atoms with E-state index in [1.54, 1.807) is 25.1 Å². The quantitative estimate of drug-likeness (QED) is 0.655. The van der Waals surface area contributed by atoms with E-state index < -0.39 is 0 Å². The van der Waals surface area contributed by atoms with Crippen molar-refractivity contribution in [2.45, 2.75) is 17.5 Å². The predicted molar refractivity (Wildman–Crippen MR) is 85.9 cm³/mol. The lowest BCUT2D eigenvalue weighted by molar-refractivity contribution is 0.176. The van der Waals surface area contributed by atoms with E-state index in [4.69, 9.17) is 4.74 Å². The number of rotatable bonds is 6. The van der Waals surface area contributed by atoms with Crippen molar-refractivity contribution in [3.8, 4) is 5.69 Å². The van der Waals surface area contributed by atoms with Gasteiger partial charge in [0.1, 0.15) is 6.61 Å². The molecule has 22 heavy (non-hydrogen) atoms. The fraction of sp³-hybridized carbons (Fsp3) is 0.188. The first-order chi connectivity index (χ1) is 10.9. The van der Waals surface area contributed by atoms with Gasteiger partial charge in [-0.2, -0.15) is 0 Å². The normalized spacial score (nSPS) is 10.8. The maximum Gasteiger partial charge on any atom is 0.196 e. The summed E-state index contributed by atoms with van der Waals surface area (Å²) < 4.78 is 7.25. The lowest BCUT2D eigenvalue weighted by Gasteiger charge is -2.09. The number of methoxy groups -OCH3 is 1. The van der Waals surface area contributed by atoms with Crippen LogP contribution in [0.4, 0.5) is 0 Å². The number of ether oxygens (including phenoxy) is 1. The molecule has 0 aliphatic heterocycles. The predicted octanol–water partition coefficient (Wildman–Crippen LogP) is 3.10. The fourth-order valence-corrected chi connectivity index (χ4v) is 2.96. The smallest absolute Gasteiger partial charge is 0.196 e. The molecule has 0 fully saturated rings. The number of pyridine rings is 1. The Balaban J connectivity index is 1.88. The fourth-order valence-electron chi connectivity index (χ4n) is 2.07. The molecule has 0 bridgehead atoms. The highest BCUT2D eigenvalue weighted by molar-refractivity contribution is 7.98. The zero-order chi connectivity index (χ0) is 15.2. The Morgan fingerprint density at radius 2 is 1.86 bits per heavy atom. The highest BCUT2D eigenvalue weighted by atomic mass is 32.2. The molecule has 0 radical (unpaired) electrons. The summed E-state index contributed by atoms with van der Waals surface area (Å²) in [6.07, 6.45) is 1.80. The van der Waals surface area contributed by atoms with Gasteiger partial charge >= 0.3 is 0 Å². The average molecular weight is 312 g/mol. The molecule has 6 heteroatoms. The molecule has 112 valence electrons. The van der Waals surface area contributed by atoms with Crippen LogP contribution in [0, 0.1) is 0 Å². The number of nitrogens with zero attached hydrogens (tertiary/aromatic N) is 4. The third kappa shape index (κ3) is 3.35. The van der Waals surface area contributed by atoms with Crippen LogP contribution in [0.2, 0.25) is 0 Å². The number of aromatic nitrogens is 4. The van der Waals surface area contributed by atoms with Crippen molar-refractivity contribution in [3.05, 3.63) is 66.2 Å². The second-order valence-corrected chi connectivity index (χ2v) is 5.56. The molecule has 2 aromatic heterocycles. The Hall–Kier alpha value is -2.18. The standard InChI is InChI=1S/C16H16N4OS/c1-21-11-15-18-19-16(20(15)14-8-3-2-4-9-14)22-12-13-7-5-6-10-17-13/h2-10H,11-12H2,1H3. The van der Waals surface area contributed by atoms with Gasteiger partial charge in [-0.05, 0) is 24.3 Å². The van der Waals surface area contributed by atoms with Gasteiger partial charge in [0.05, 0.1) is 5.69 Å². The first-order valence-electron chi connectivity index (χ1n) is 6.90. The maximum atomic E-state index is 5.22. The molecule has 3 aromatic rings. The van der Waals surface area contributed by atoms with Crippen molar-refractivity contribution >= 4 is 11.8 Å². The van der Waals surface area contributed by atoms with Crippen molar-refractivity contribution in [3.63, 3.8) is 0 Å². The lowest BCUT2D eigenvalue weighted by atomic mass is 10.3. The molecule has 0 aliphatic rings. The van der Waals surface area contributed by atoms with E-state index >= 15 is 0 Å². The van der Waals surface area contributed by atoms with Crippen LogP contribution in [-0.4, -0.2) is 26.9 Å². The van der Waals surface area contributed by atoms with Gasteiger partial charge in [0.25, 0.3) is 0 Å². The monoisotopic (exact) mass is 312 g/mol. The van der Waals surface area contributed by atoms with E-state index in [2.05, 4.69) is 15.2 Å². The molecule has 0 aliphatic carbocycles. The van der Waals surface area contributed by atoms with Gasteiger partial charge in [-0.1, -0.05) is 36.0 Å². The van der Waals surface area contributed by atoms with Gasteiger partial charge in [-0.3, -0.25) is 9.55 Å². The molecule has 0 saturated heterocycles. The van der Waals surface area contributed by atoms with E-state index in [-0.39, 0.29) is 0 Å². The summed E-state index contributed by atoms with van der Waals surface area (Å²) in [5, 5.41) is 9.37. The van der Waals surface area contributed by atoms with Crippen LogP contribution >= 0.6 is 11.8 Å². The number of thioether (sulfide) groups is 1. The van der Waals surface area contributed by atoms with Crippen molar-refractivity contribution < 1.29 is 4.74 Å². The summed E-state index contributed by atoms with van der Waals surface area (Å²) in [5.74, 6) is 1.54. The molecule has 1 aromatic carbocycles. The minimum Gasteiger partial charge on any atom is -0.377 e. The molecule has 5 nitrogen and oxygen atoms in total. The summed E-state index contributed by atoms with van der Waals surface area (Å²) in [5.41, 5.74) is 2.05. The van der Waals surface area contributed by atoms with Crippen LogP contribution in [0.25, 0.3) is 5.69 Å². The Morgan fingerprint density at radius 1 is 1.05 bits per heavy atom. The van der Waals surface area contributed by atoms with E-state index in [1.807, 2.05) is 53.1 Å². The highest BCUT2D eigenvalue weighted by Crippen LogP contribution is 2.24. The van der Waals surface area contributed by atoms with Gasteiger partial charge in [-0.25, -0.2) is 0 Å². The minimum absolute atomic E-state index is 0.423. The van der Waals surface area contributed by atoms with Gasteiger partial charge in [0, 0.05) is 24.7 Å². The summed E-state index contributed by atoms with van der Waals surface area (Å²) in [4.78, 5) is 4.34. The molecule has 2 heterocycles. The Kier molecular flexibility index (Phi) is 4.82. The second kappa shape index (κ2) is 7.20. The molecule has 3 rings (SSSR count). The van der Waals surface area contributed by atoms with Crippen LogP contribution in [0.15, 0.2) is 59.9 Å². The maximum absolute atomic E-state index is 5.22. The number of hydrogen-bond donors (Lipinski definition) is 0. The van der Waals surface area contributed by atoms with Gasteiger partial charge < -0.3 is 4.74 Å². The number of para-hydroxylation sites is 1.